The molecule has 0 radical (unpaired) electrons. The van der Waals surface area contributed by atoms with Crippen LogP contribution < -0.4 is 11.1 Å². The zero-order valence-electron chi connectivity index (χ0n) is 8.53. The molecule has 3 heteroatoms. The molecule has 1 rings (SSSR count). The number of rotatable bonds is 3. The molecule has 0 bridgehead atoms. The first-order chi connectivity index (χ1) is 6.66. The molecule has 2 atom stereocenters. The molecule has 1 aromatic rings. The van der Waals surface area contributed by atoms with Gasteiger partial charge in [0.1, 0.15) is 0 Å². The average Bonchev–Trinajstić information content (AvgIpc) is 2.27. The Bertz CT molecular complexity index is 297. The molecule has 0 aliphatic heterocycles. The van der Waals surface area contributed by atoms with Gasteiger partial charge in [-0.15, -0.1) is 0 Å². The highest BCUT2D eigenvalue weighted by atomic mass is 16.2. The lowest BCUT2D eigenvalue weighted by atomic mass is 9.93. The number of nitrogens with one attached hydrogen (secondary N) is 1. The molecule has 0 heterocycles. The third-order valence-electron chi connectivity index (χ3n) is 2.41. The van der Waals surface area contributed by atoms with Crippen molar-refractivity contribution >= 4 is 5.91 Å². The van der Waals surface area contributed by atoms with Crippen molar-refractivity contribution in [2.45, 2.75) is 18.9 Å². The third-order valence-corrected chi connectivity index (χ3v) is 2.41. The van der Waals surface area contributed by atoms with E-state index in [-0.39, 0.29) is 11.8 Å². The van der Waals surface area contributed by atoms with Crippen LogP contribution in [0.4, 0.5) is 0 Å². The normalized spacial score (nSPS) is 14.5. The van der Waals surface area contributed by atoms with E-state index in [4.69, 9.17) is 5.73 Å². The molecule has 0 fully saturated rings. The molecule has 3 nitrogen and oxygen atoms in total. The monoisotopic (exact) mass is 192 g/mol. The van der Waals surface area contributed by atoms with E-state index in [1.165, 1.54) is 0 Å². The summed E-state index contributed by atoms with van der Waals surface area (Å²) >= 11 is 0. The summed E-state index contributed by atoms with van der Waals surface area (Å²) in [6.45, 7) is 1.95. The second-order valence-corrected chi connectivity index (χ2v) is 3.34. The molecule has 14 heavy (non-hydrogen) atoms. The molecule has 1 amide bonds. The Balaban J connectivity index is 2.75. The number of nitrogens with two attached hydrogens (primary N) is 1. The first-order valence-electron chi connectivity index (χ1n) is 4.69. The maximum atomic E-state index is 11.3. The number of carbonyl (C=O) groups excluding carboxylic acids is 1. The summed E-state index contributed by atoms with van der Waals surface area (Å²) in [4.78, 5) is 11.3. The van der Waals surface area contributed by atoms with Crippen LogP contribution >= 0.6 is 0 Å². The summed E-state index contributed by atoms with van der Waals surface area (Å²) in [5.41, 5.74) is 6.88. The summed E-state index contributed by atoms with van der Waals surface area (Å²) in [7, 11) is 1.60. The zero-order valence-corrected chi connectivity index (χ0v) is 8.53. The minimum absolute atomic E-state index is 0.0381. The second kappa shape index (κ2) is 4.77. The Morgan fingerprint density at radius 2 is 1.93 bits per heavy atom. The Hall–Kier alpha value is -1.35. The van der Waals surface area contributed by atoms with Crippen LogP contribution in [-0.4, -0.2) is 19.0 Å². The molecule has 0 aliphatic rings. The van der Waals surface area contributed by atoms with Crippen molar-refractivity contribution in [1.29, 1.82) is 0 Å². The Morgan fingerprint density at radius 1 is 1.36 bits per heavy atom. The molecular weight excluding hydrogens is 176 g/mol. The first-order valence-corrected chi connectivity index (χ1v) is 4.69. The van der Waals surface area contributed by atoms with E-state index in [1.807, 2.05) is 37.3 Å². The van der Waals surface area contributed by atoms with Crippen LogP contribution in [0.25, 0.3) is 0 Å². The molecule has 0 spiro atoms. The number of hydrogen-bond donors (Lipinski definition) is 2. The van der Waals surface area contributed by atoms with Crippen molar-refractivity contribution in [2.24, 2.45) is 5.73 Å². The molecule has 76 valence electrons. The molecular formula is C11H16N2O. The van der Waals surface area contributed by atoms with E-state index in [9.17, 15) is 4.79 Å². The van der Waals surface area contributed by atoms with Gasteiger partial charge < -0.3 is 11.1 Å². The van der Waals surface area contributed by atoms with Crippen LogP contribution in [0.15, 0.2) is 30.3 Å². The summed E-state index contributed by atoms with van der Waals surface area (Å²) in [5.74, 6) is -0.0856. The molecule has 0 aromatic heterocycles. The molecule has 0 saturated heterocycles. The first kappa shape index (κ1) is 10.7. The van der Waals surface area contributed by atoms with Gasteiger partial charge in [0.2, 0.25) is 5.91 Å². The van der Waals surface area contributed by atoms with E-state index in [2.05, 4.69) is 5.32 Å². The highest BCUT2D eigenvalue weighted by Crippen LogP contribution is 2.17. The van der Waals surface area contributed by atoms with Crippen molar-refractivity contribution in [3.05, 3.63) is 35.9 Å². The highest BCUT2D eigenvalue weighted by Gasteiger charge is 2.20. The molecule has 0 saturated carbocycles. The topological polar surface area (TPSA) is 55.1 Å². The minimum Gasteiger partial charge on any atom is -0.358 e. The zero-order chi connectivity index (χ0) is 10.6. The van der Waals surface area contributed by atoms with Gasteiger partial charge >= 0.3 is 0 Å². The van der Waals surface area contributed by atoms with Gasteiger partial charge in [0.25, 0.3) is 0 Å². The molecule has 0 aliphatic carbocycles. The van der Waals surface area contributed by atoms with Gasteiger partial charge in [0.05, 0.1) is 6.04 Å². The van der Waals surface area contributed by atoms with Gasteiger partial charge in [0.15, 0.2) is 0 Å². The molecule has 1 unspecified atom stereocenters. The van der Waals surface area contributed by atoms with E-state index in [0.717, 1.165) is 5.56 Å². The lowest BCUT2D eigenvalue weighted by Crippen LogP contribution is -2.42. The van der Waals surface area contributed by atoms with Crippen molar-refractivity contribution in [1.82, 2.24) is 5.32 Å². The molecule has 3 N–H and O–H groups in total. The van der Waals surface area contributed by atoms with Crippen molar-refractivity contribution < 1.29 is 4.79 Å². The van der Waals surface area contributed by atoms with Gasteiger partial charge in [-0.2, -0.15) is 0 Å². The summed E-state index contributed by atoms with van der Waals surface area (Å²) in [6, 6.07) is 9.32. The second-order valence-electron chi connectivity index (χ2n) is 3.34. The van der Waals surface area contributed by atoms with Gasteiger partial charge in [-0.1, -0.05) is 37.3 Å². The smallest absolute Gasteiger partial charge is 0.237 e. The summed E-state index contributed by atoms with van der Waals surface area (Å²) < 4.78 is 0. The quantitative estimate of drug-likeness (QED) is 0.746. The van der Waals surface area contributed by atoms with Crippen molar-refractivity contribution in [3.63, 3.8) is 0 Å². The summed E-state index contributed by atoms with van der Waals surface area (Å²) in [6.07, 6.45) is 0. The SMILES string of the molecule is CNC(=O)[C@@H](N)C(C)c1ccccc1. The number of likely N-dealkylation sites (N-methyl/N-ethyl adjacent to an activating group) is 1. The Morgan fingerprint density at radius 3 is 2.43 bits per heavy atom. The van der Waals surface area contributed by atoms with Gasteiger partial charge in [-0.25, -0.2) is 0 Å². The predicted octanol–water partition coefficient (Wildman–Crippen LogP) is 0.863. The van der Waals surface area contributed by atoms with Gasteiger partial charge in [-0.3, -0.25) is 4.79 Å². The highest BCUT2D eigenvalue weighted by molar-refractivity contribution is 5.82. The fourth-order valence-corrected chi connectivity index (χ4v) is 1.36. The van der Waals surface area contributed by atoms with E-state index >= 15 is 0 Å². The van der Waals surface area contributed by atoms with Crippen LogP contribution in [0.5, 0.6) is 0 Å². The van der Waals surface area contributed by atoms with Gasteiger partial charge in [0, 0.05) is 13.0 Å². The number of benzene rings is 1. The average molecular weight is 192 g/mol. The van der Waals surface area contributed by atoms with E-state index < -0.39 is 6.04 Å². The van der Waals surface area contributed by atoms with Crippen LogP contribution in [-0.2, 0) is 4.79 Å². The number of amides is 1. The standard InChI is InChI=1S/C11H16N2O/c1-8(10(12)11(14)13-2)9-6-4-3-5-7-9/h3-8,10H,12H2,1-2H3,(H,13,14)/t8?,10-/m0/s1. The summed E-state index contributed by atoms with van der Waals surface area (Å²) in [5, 5.41) is 2.55. The largest absolute Gasteiger partial charge is 0.358 e. The molecule has 1 aromatic carbocycles. The lowest BCUT2D eigenvalue weighted by Gasteiger charge is -2.18. The van der Waals surface area contributed by atoms with Crippen LogP contribution in [0.3, 0.4) is 0 Å². The van der Waals surface area contributed by atoms with Crippen LogP contribution in [0.1, 0.15) is 18.4 Å². The fraction of sp³-hybridized carbons (Fsp3) is 0.364. The maximum absolute atomic E-state index is 11.3. The Kier molecular flexibility index (Phi) is 3.65. The van der Waals surface area contributed by atoms with E-state index in [1.54, 1.807) is 7.05 Å². The number of carbonyl (C=O) groups is 1. The fourth-order valence-electron chi connectivity index (χ4n) is 1.36. The van der Waals surface area contributed by atoms with Gasteiger partial charge in [-0.05, 0) is 5.56 Å². The maximum Gasteiger partial charge on any atom is 0.237 e. The minimum atomic E-state index is -0.484. The van der Waals surface area contributed by atoms with Crippen molar-refractivity contribution in [3.8, 4) is 0 Å². The lowest BCUT2D eigenvalue weighted by molar-refractivity contribution is -0.122. The van der Waals surface area contributed by atoms with Crippen LogP contribution in [0, 0.1) is 0 Å². The third kappa shape index (κ3) is 2.33. The number of hydrogen-bond acceptors (Lipinski definition) is 2. The Labute approximate surface area is 84.3 Å². The van der Waals surface area contributed by atoms with Crippen LogP contribution in [0.2, 0.25) is 0 Å². The van der Waals surface area contributed by atoms with E-state index in [0.29, 0.717) is 0 Å². The van der Waals surface area contributed by atoms with Crippen molar-refractivity contribution in [2.75, 3.05) is 7.05 Å². The predicted molar refractivity (Wildman–Crippen MR) is 56.9 cm³/mol.